The van der Waals surface area contributed by atoms with Gasteiger partial charge in [-0.25, -0.2) is 8.42 Å². The number of aromatic nitrogens is 2. The van der Waals surface area contributed by atoms with Crippen LogP contribution in [0.2, 0.25) is 0 Å². The zero-order valence-electron chi connectivity index (χ0n) is 14.1. The molecule has 134 valence electrons. The molecule has 1 aromatic carbocycles. The lowest BCUT2D eigenvalue weighted by Crippen LogP contribution is -2.42. The molecule has 1 saturated heterocycles. The van der Waals surface area contributed by atoms with E-state index in [-0.39, 0.29) is 11.8 Å². The van der Waals surface area contributed by atoms with E-state index in [1.807, 2.05) is 19.3 Å². The van der Waals surface area contributed by atoms with Crippen LogP contribution in [0.1, 0.15) is 18.5 Å². The second-order valence-corrected chi connectivity index (χ2v) is 8.13. The van der Waals surface area contributed by atoms with Crippen LogP contribution in [-0.2, 0) is 28.4 Å². The van der Waals surface area contributed by atoms with Gasteiger partial charge in [-0.15, -0.1) is 0 Å². The van der Waals surface area contributed by atoms with E-state index in [2.05, 4.69) is 10.4 Å². The predicted molar refractivity (Wildman–Crippen MR) is 93.0 cm³/mol. The maximum Gasteiger partial charge on any atom is 0.243 e. The van der Waals surface area contributed by atoms with Gasteiger partial charge in [0.25, 0.3) is 0 Å². The summed E-state index contributed by atoms with van der Waals surface area (Å²) in [5.41, 5.74) is 0.806. The minimum Gasteiger partial charge on any atom is -0.350 e. The minimum atomic E-state index is -3.47. The Morgan fingerprint density at radius 3 is 2.48 bits per heavy atom. The molecule has 1 aliphatic rings. The highest BCUT2D eigenvalue weighted by Crippen LogP contribution is 2.23. The maximum atomic E-state index is 12.6. The first kappa shape index (κ1) is 17.6. The maximum absolute atomic E-state index is 12.6. The fraction of sp³-hybridized carbons (Fsp3) is 0.412. The minimum absolute atomic E-state index is 0.0394. The van der Waals surface area contributed by atoms with Gasteiger partial charge in [0, 0.05) is 32.3 Å². The molecule has 1 amide bonds. The highest BCUT2D eigenvalue weighted by atomic mass is 32.2. The Balaban J connectivity index is 1.54. The molecule has 0 spiro atoms. The number of nitrogens with zero attached hydrogens (tertiary/aromatic N) is 3. The van der Waals surface area contributed by atoms with E-state index < -0.39 is 10.0 Å². The number of hydrogen-bond acceptors (Lipinski definition) is 4. The lowest BCUT2D eigenvalue weighted by atomic mass is 9.97. The van der Waals surface area contributed by atoms with E-state index in [4.69, 9.17) is 0 Å². The number of rotatable bonds is 5. The quantitative estimate of drug-likeness (QED) is 0.864. The normalized spacial score (nSPS) is 16.7. The first-order valence-corrected chi connectivity index (χ1v) is 9.72. The van der Waals surface area contributed by atoms with Gasteiger partial charge in [0.05, 0.1) is 17.1 Å². The lowest BCUT2D eigenvalue weighted by Gasteiger charge is -2.30. The Hall–Kier alpha value is -2.19. The van der Waals surface area contributed by atoms with E-state index in [0.29, 0.717) is 37.4 Å². The van der Waals surface area contributed by atoms with Gasteiger partial charge >= 0.3 is 0 Å². The van der Waals surface area contributed by atoms with Crippen LogP contribution in [0.3, 0.4) is 0 Å². The third-order valence-electron chi connectivity index (χ3n) is 4.42. The first-order chi connectivity index (χ1) is 12.0. The van der Waals surface area contributed by atoms with Crippen molar-refractivity contribution in [3.8, 4) is 0 Å². The van der Waals surface area contributed by atoms with Crippen molar-refractivity contribution in [3.63, 3.8) is 0 Å². The van der Waals surface area contributed by atoms with Crippen LogP contribution in [0, 0.1) is 5.92 Å². The van der Waals surface area contributed by atoms with Gasteiger partial charge in [0.15, 0.2) is 0 Å². The summed E-state index contributed by atoms with van der Waals surface area (Å²) in [6.07, 6.45) is 2.88. The van der Waals surface area contributed by atoms with Crippen LogP contribution in [0.4, 0.5) is 0 Å². The summed E-state index contributed by atoms with van der Waals surface area (Å²) >= 11 is 0. The number of piperidine rings is 1. The summed E-state index contributed by atoms with van der Waals surface area (Å²) in [4.78, 5) is 12.6. The molecule has 1 fully saturated rings. The van der Waals surface area contributed by atoms with Gasteiger partial charge in [0.1, 0.15) is 0 Å². The fourth-order valence-electron chi connectivity index (χ4n) is 2.98. The Bertz CT molecular complexity index is 825. The van der Waals surface area contributed by atoms with Crippen molar-refractivity contribution in [2.24, 2.45) is 13.0 Å². The van der Waals surface area contributed by atoms with E-state index >= 15 is 0 Å². The topological polar surface area (TPSA) is 84.3 Å². The van der Waals surface area contributed by atoms with Gasteiger partial charge in [-0.1, -0.05) is 18.2 Å². The van der Waals surface area contributed by atoms with Crippen LogP contribution in [0.5, 0.6) is 0 Å². The number of nitrogens with one attached hydrogen (secondary N) is 1. The molecule has 0 unspecified atom stereocenters. The zero-order chi connectivity index (χ0) is 17.9. The Morgan fingerprint density at radius 2 is 1.88 bits per heavy atom. The number of benzene rings is 1. The highest BCUT2D eigenvalue weighted by molar-refractivity contribution is 7.89. The van der Waals surface area contributed by atoms with E-state index in [0.717, 1.165) is 5.69 Å². The van der Waals surface area contributed by atoms with Gasteiger partial charge in [-0.05, 0) is 31.0 Å². The third-order valence-corrected chi connectivity index (χ3v) is 6.33. The average Bonchev–Trinajstić information content (AvgIpc) is 3.06. The average molecular weight is 362 g/mol. The number of amides is 1. The Morgan fingerprint density at radius 1 is 1.20 bits per heavy atom. The fourth-order valence-corrected chi connectivity index (χ4v) is 4.47. The molecule has 1 aromatic heterocycles. The monoisotopic (exact) mass is 362 g/mol. The van der Waals surface area contributed by atoms with Crippen molar-refractivity contribution < 1.29 is 13.2 Å². The van der Waals surface area contributed by atoms with Crippen molar-refractivity contribution >= 4 is 15.9 Å². The SMILES string of the molecule is Cn1ccc(CNC(=O)C2CCN(S(=O)(=O)c3ccccc3)CC2)n1. The number of carbonyl (C=O) groups excluding carboxylic acids is 1. The molecule has 7 nitrogen and oxygen atoms in total. The molecular weight excluding hydrogens is 340 g/mol. The second-order valence-electron chi connectivity index (χ2n) is 6.19. The van der Waals surface area contributed by atoms with Crippen molar-refractivity contribution in [2.75, 3.05) is 13.1 Å². The second kappa shape index (κ2) is 7.37. The van der Waals surface area contributed by atoms with Gasteiger partial charge in [-0.2, -0.15) is 9.40 Å². The highest BCUT2D eigenvalue weighted by Gasteiger charge is 2.31. The number of carbonyl (C=O) groups is 1. The van der Waals surface area contributed by atoms with Gasteiger partial charge in [-0.3, -0.25) is 9.48 Å². The number of sulfonamides is 1. The van der Waals surface area contributed by atoms with Gasteiger partial charge in [0.2, 0.25) is 15.9 Å². The van der Waals surface area contributed by atoms with Crippen LogP contribution in [0.15, 0.2) is 47.5 Å². The summed E-state index contributed by atoms with van der Waals surface area (Å²) in [7, 11) is -1.65. The smallest absolute Gasteiger partial charge is 0.243 e. The number of hydrogen-bond donors (Lipinski definition) is 1. The molecule has 8 heteroatoms. The molecule has 0 aliphatic carbocycles. The molecular formula is C17H22N4O3S. The summed E-state index contributed by atoms with van der Waals surface area (Å²) in [5.74, 6) is -0.201. The van der Waals surface area contributed by atoms with Gasteiger partial charge < -0.3 is 5.32 Å². The Kier molecular flexibility index (Phi) is 5.19. The molecule has 2 heterocycles. The first-order valence-electron chi connectivity index (χ1n) is 8.28. The van der Waals surface area contributed by atoms with Crippen molar-refractivity contribution in [3.05, 3.63) is 48.3 Å². The van der Waals surface area contributed by atoms with E-state index in [9.17, 15) is 13.2 Å². The van der Waals surface area contributed by atoms with Crippen LogP contribution < -0.4 is 5.32 Å². The van der Waals surface area contributed by atoms with Crippen molar-refractivity contribution in [1.82, 2.24) is 19.4 Å². The lowest BCUT2D eigenvalue weighted by molar-refractivity contribution is -0.126. The summed E-state index contributed by atoms with van der Waals surface area (Å²) in [6.45, 7) is 1.11. The summed E-state index contributed by atoms with van der Waals surface area (Å²) in [6, 6.07) is 10.3. The molecule has 0 bridgehead atoms. The van der Waals surface area contributed by atoms with Crippen molar-refractivity contribution in [1.29, 1.82) is 0 Å². The zero-order valence-corrected chi connectivity index (χ0v) is 14.9. The predicted octanol–water partition coefficient (Wildman–Crippen LogP) is 1.14. The van der Waals surface area contributed by atoms with Crippen molar-refractivity contribution in [2.45, 2.75) is 24.3 Å². The summed E-state index contributed by atoms with van der Waals surface area (Å²) in [5, 5.41) is 7.10. The summed E-state index contributed by atoms with van der Waals surface area (Å²) < 4.78 is 28.3. The van der Waals surface area contributed by atoms with Crippen LogP contribution >= 0.6 is 0 Å². The molecule has 25 heavy (non-hydrogen) atoms. The molecule has 0 saturated carbocycles. The number of aryl methyl sites for hydroxylation is 1. The Labute approximate surface area is 147 Å². The molecule has 3 rings (SSSR count). The van der Waals surface area contributed by atoms with E-state index in [1.54, 1.807) is 35.0 Å². The molecule has 0 atom stereocenters. The molecule has 1 N–H and O–H groups in total. The third kappa shape index (κ3) is 4.08. The van der Waals surface area contributed by atoms with Crippen LogP contribution in [-0.4, -0.2) is 41.5 Å². The molecule has 0 radical (unpaired) electrons. The molecule has 1 aliphatic heterocycles. The van der Waals surface area contributed by atoms with Crippen LogP contribution in [0.25, 0.3) is 0 Å². The van der Waals surface area contributed by atoms with E-state index in [1.165, 1.54) is 4.31 Å². The largest absolute Gasteiger partial charge is 0.350 e. The molecule has 2 aromatic rings. The standard InChI is InChI=1S/C17H22N4O3S/c1-20-10-9-15(19-20)13-18-17(22)14-7-11-21(12-8-14)25(23,24)16-5-3-2-4-6-16/h2-6,9-10,14H,7-8,11-13H2,1H3,(H,18,22).